The summed E-state index contributed by atoms with van der Waals surface area (Å²) in [5.74, 6) is -0.0949. The van der Waals surface area contributed by atoms with Crippen molar-refractivity contribution in [2.75, 3.05) is 0 Å². The van der Waals surface area contributed by atoms with E-state index in [2.05, 4.69) is 31.4 Å². The lowest BCUT2D eigenvalue weighted by atomic mass is 10.2. The first-order chi connectivity index (χ1) is 7.75. The number of rotatable bonds is 3. The normalized spacial score (nSPS) is 10.1. The van der Waals surface area contributed by atoms with E-state index < -0.39 is 0 Å². The van der Waals surface area contributed by atoms with Crippen LogP contribution in [0, 0.1) is 0 Å². The van der Waals surface area contributed by atoms with Crippen LogP contribution in [0.2, 0.25) is 0 Å². The average Bonchev–Trinajstić information content (AvgIpc) is 2.78. The van der Waals surface area contributed by atoms with E-state index in [1.165, 1.54) is 0 Å². The Morgan fingerprint density at radius 1 is 1.50 bits per heavy atom. The Hall–Kier alpha value is -1.62. The predicted octanol–water partition coefficient (Wildman–Crippen LogP) is 2.10. The van der Waals surface area contributed by atoms with Crippen molar-refractivity contribution in [2.45, 2.75) is 6.54 Å². The van der Waals surface area contributed by atoms with Gasteiger partial charge in [0.15, 0.2) is 0 Å². The minimum Gasteiger partial charge on any atom is -0.348 e. The summed E-state index contributed by atoms with van der Waals surface area (Å²) in [5, 5.41) is 9.31. The highest BCUT2D eigenvalue weighted by Gasteiger charge is 2.05. The van der Waals surface area contributed by atoms with Gasteiger partial charge in [-0.1, -0.05) is 22.0 Å². The number of aromatic nitrogens is 2. The smallest absolute Gasteiger partial charge is 0.251 e. The molecule has 0 atom stereocenters. The second-order valence-electron chi connectivity index (χ2n) is 3.30. The average molecular weight is 280 g/mol. The minimum absolute atomic E-state index is 0.0949. The van der Waals surface area contributed by atoms with E-state index in [0.717, 1.165) is 10.0 Å². The van der Waals surface area contributed by atoms with Crippen LogP contribution in [0.3, 0.4) is 0 Å². The number of benzene rings is 1. The largest absolute Gasteiger partial charge is 0.348 e. The summed E-state index contributed by atoms with van der Waals surface area (Å²) in [6.45, 7) is 0.474. The van der Waals surface area contributed by atoms with Gasteiger partial charge < -0.3 is 5.32 Å². The van der Waals surface area contributed by atoms with E-state index in [-0.39, 0.29) is 5.91 Å². The van der Waals surface area contributed by atoms with Gasteiger partial charge in [0.05, 0.1) is 6.20 Å². The maximum absolute atomic E-state index is 11.7. The molecule has 0 unspecified atom stereocenters. The van der Waals surface area contributed by atoms with Crippen molar-refractivity contribution in [1.29, 1.82) is 0 Å². The highest BCUT2D eigenvalue weighted by Crippen LogP contribution is 2.11. The summed E-state index contributed by atoms with van der Waals surface area (Å²) in [6.07, 6.45) is 3.43. The molecule has 82 valence electrons. The molecule has 1 aromatic heterocycles. The molecule has 0 bridgehead atoms. The Balaban J connectivity index is 1.98. The zero-order valence-corrected chi connectivity index (χ0v) is 9.99. The molecule has 1 heterocycles. The summed E-state index contributed by atoms with van der Waals surface area (Å²) in [7, 11) is 0. The third-order valence-corrected chi connectivity index (χ3v) is 2.59. The number of aromatic amines is 1. The Labute approximate surface area is 101 Å². The summed E-state index contributed by atoms with van der Waals surface area (Å²) in [5.41, 5.74) is 1.58. The highest BCUT2D eigenvalue weighted by molar-refractivity contribution is 9.10. The molecule has 0 aliphatic carbocycles. The number of nitrogens with zero attached hydrogens (tertiary/aromatic N) is 1. The fraction of sp³-hybridized carbons (Fsp3) is 0.0909. The van der Waals surface area contributed by atoms with Crippen molar-refractivity contribution in [3.63, 3.8) is 0 Å². The van der Waals surface area contributed by atoms with Gasteiger partial charge in [0, 0.05) is 28.3 Å². The van der Waals surface area contributed by atoms with Crippen LogP contribution >= 0.6 is 15.9 Å². The van der Waals surface area contributed by atoms with Crippen molar-refractivity contribution < 1.29 is 4.79 Å². The SMILES string of the molecule is O=C(NCc1cn[nH]c1)c1cccc(Br)c1. The first-order valence-electron chi connectivity index (χ1n) is 4.77. The summed E-state index contributed by atoms with van der Waals surface area (Å²) < 4.78 is 0.892. The van der Waals surface area contributed by atoms with Crippen molar-refractivity contribution in [2.24, 2.45) is 0 Å². The van der Waals surface area contributed by atoms with E-state index in [1.54, 1.807) is 24.5 Å². The molecule has 16 heavy (non-hydrogen) atoms. The number of carbonyl (C=O) groups excluding carboxylic acids is 1. The number of hydrogen-bond acceptors (Lipinski definition) is 2. The third kappa shape index (κ3) is 2.70. The first kappa shape index (κ1) is 10.9. The van der Waals surface area contributed by atoms with Crippen LogP contribution in [0.15, 0.2) is 41.1 Å². The lowest BCUT2D eigenvalue weighted by molar-refractivity contribution is 0.0951. The number of amides is 1. The summed E-state index contributed by atoms with van der Waals surface area (Å²) >= 11 is 3.33. The van der Waals surface area contributed by atoms with Crippen LogP contribution in [0.4, 0.5) is 0 Å². The van der Waals surface area contributed by atoms with Gasteiger partial charge in [0.25, 0.3) is 5.91 Å². The van der Waals surface area contributed by atoms with Crippen LogP contribution in [0.5, 0.6) is 0 Å². The zero-order valence-electron chi connectivity index (χ0n) is 8.40. The van der Waals surface area contributed by atoms with Crippen LogP contribution in [0.1, 0.15) is 15.9 Å². The van der Waals surface area contributed by atoms with Crippen LogP contribution in [0.25, 0.3) is 0 Å². The van der Waals surface area contributed by atoms with Gasteiger partial charge in [0.1, 0.15) is 0 Å². The lowest BCUT2D eigenvalue weighted by Gasteiger charge is -2.03. The van der Waals surface area contributed by atoms with E-state index >= 15 is 0 Å². The standard InChI is InChI=1S/C11H10BrN3O/c12-10-3-1-2-9(4-10)11(16)13-5-8-6-14-15-7-8/h1-4,6-7H,5H2,(H,13,16)(H,14,15). The predicted molar refractivity (Wildman–Crippen MR) is 63.9 cm³/mol. The van der Waals surface area contributed by atoms with Crippen LogP contribution in [-0.2, 0) is 6.54 Å². The lowest BCUT2D eigenvalue weighted by Crippen LogP contribution is -2.22. The highest BCUT2D eigenvalue weighted by atomic mass is 79.9. The van der Waals surface area contributed by atoms with Gasteiger partial charge in [-0.15, -0.1) is 0 Å². The van der Waals surface area contributed by atoms with Crippen molar-refractivity contribution in [3.8, 4) is 0 Å². The molecule has 0 saturated carbocycles. The quantitative estimate of drug-likeness (QED) is 0.904. The fourth-order valence-electron chi connectivity index (χ4n) is 1.29. The molecule has 4 nitrogen and oxygen atoms in total. The molecular formula is C11H10BrN3O. The Kier molecular flexibility index (Phi) is 3.36. The van der Waals surface area contributed by atoms with Crippen LogP contribution < -0.4 is 5.32 Å². The molecule has 0 aliphatic heterocycles. The number of H-pyrrole nitrogens is 1. The van der Waals surface area contributed by atoms with E-state index in [0.29, 0.717) is 12.1 Å². The van der Waals surface area contributed by atoms with Gasteiger partial charge in [-0.05, 0) is 18.2 Å². The number of nitrogens with one attached hydrogen (secondary N) is 2. The van der Waals surface area contributed by atoms with Crippen LogP contribution in [-0.4, -0.2) is 16.1 Å². The molecule has 0 aliphatic rings. The van der Waals surface area contributed by atoms with Gasteiger partial charge in [-0.3, -0.25) is 9.89 Å². The third-order valence-electron chi connectivity index (χ3n) is 2.09. The second-order valence-corrected chi connectivity index (χ2v) is 4.22. The van der Waals surface area contributed by atoms with Gasteiger partial charge >= 0.3 is 0 Å². The van der Waals surface area contributed by atoms with E-state index in [4.69, 9.17) is 0 Å². The van der Waals surface area contributed by atoms with Crippen molar-refractivity contribution in [3.05, 3.63) is 52.3 Å². The minimum atomic E-state index is -0.0949. The maximum atomic E-state index is 11.7. The molecule has 1 amide bonds. The molecule has 1 aromatic carbocycles. The molecule has 0 radical (unpaired) electrons. The maximum Gasteiger partial charge on any atom is 0.251 e. The molecule has 5 heteroatoms. The molecular weight excluding hydrogens is 270 g/mol. The topological polar surface area (TPSA) is 57.8 Å². The molecule has 0 fully saturated rings. The number of carbonyl (C=O) groups is 1. The van der Waals surface area contributed by atoms with Gasteiger partial charge in [0.2, 0.25) is 0 Å². The fourth-order valence-corrected chi connectivity index (χ4v) is 1.69. The number of halogens is 1. The molecule has 0 saturated heterocycles. The van der Waals surface area contributed by atoms with E-state index in [1.807, 2.05) is 12.1 Å². The second kappa shape index (κ2) is 4.94. The molecule has 2 rings (SSSR count). The Morgan fingerprint density at radius 3 is 3.06 bits per heavy atom. The Morgan fingerprint density at radius 2 is 2.38 bits per heavy atom. The van der Waals surface area contributed by atoms with Crippen molar-refractivity contribution >= 4 is 21.8 Å². The molecule has 2 aromatic rings. The monoisotopic (exact) mass is 279 g/mol. The van der Waals surface area contributed by atoms with Gasteiger partial charge in [-0.25, -0.2) is 0 Å². The zero-order chi connectivity index (χ0) is 11.4. The number of hydrogen-bond donors (Lipinski definition) is 2. The van der Waals surface area contributed by atoms with Gasteiger partial charge in [-0.2, -0.15) is 5.10 Å². The summed E-state index contributed by atoms with van der Waals surface area (Å²) in [4.78, 5) is 11.7. The molecule has 2 N–H and O–H groups in total. The summed E-state index contributed by atoms with van der Waals surface area (Å²) in [6, 6.07) is 7.27. The van der Waals surface area contributed by atoms with E-state index in [9.17, 15) is 4.79 Å². The Bertz CT molecular complexity index is 482. The molecule has 0 spiro atoms. The first-order valence-corrected chi connectivity index (χ1v) is 5.56. The van der Waals surface area contributed by atoms with Crippen molar-refractivity contribution in [1.82, 2.24) is 15.5 Å².